The molecule has 5 nitrogen and oxygen atoms in total. The molecule has 4 rings (SSSR count). The highest BCUT2D eigenvalue weighted by Gasteiger charge is 2.29. The third kappa shape index (κ3) is 3.18. The monoisotopic (exact) mass is 363 g/mol. The van der Waals surface area contributed by atoms with E-state index >= 15 is 0 Å². The van der Waals surface area contributed by atoms with Crippen LogP contribution in [0.4, 0.5) is 0 Å². The molecule has 1 amide bonds. The van der Waals surface area contributed by atoms with E-state index in [1.807, 2.05) is 54.3 Å². The number of nitrogens with zero attached hydrogens (tertiary/aromatic N) is 3. The van der Waals surface area contributed by atoms with Gasteiger partial charge in [-0.25, -0.2) is 4.79 Å². The third-order valence-electron chi connectivity index (χ3n) is 5.55. The van der Waals surface area contributed by atoms with Crippen LogP contribution in [0.5, 0.6) is 0 Å². The zero-order valence-electron chi connectivity index (χ0n) is 15.7. The molecule has 5 heteroatoms. The zero-order valence-corrected chi connectivity index (χ0v) is 15.7. The highest BCUT2D eigenvalue weighted by atomic mass is 16.2. The molecule has 1 aliphatic heterocycles. The molecule has 1 atom stereocenters. The Morgan fingerprint density at radius 3 is 2.37 bits per heavy atom. The van der Waals surface area contributed by atoms with Crippen molar-refractivity contribution in [3.63, 3.8) is 0 Å². The number of aryl methyl sites for hydroxylation is 2. The minimum atomic E-state index is -0.0347. The van der Waals surface area contributed by atoms with Crippen molar-refractivity contribution in [2.75, 3.05) is 6.54 Å². The van der Waals surface area contributed by atoms with Gasteiger partial charge in [0.05, 0.1) is 17.1 Å². The molecule has 2 heterocycles. The maximum atomic E-state index is 12.9. The van der Waals surface area contributed by atoms with Crippen LogP contribution in [-0.4, -0.2) is 26.5 Å². The SMILES string of the molecule is CCn1c(=O)n(CCC(=O)N2CCCC2c2ccccc2)c2ccccc21. The van der Waals surface area contributed by atoms with Crippen molar-refractivity contribution >= 4 is 16.9 Å². The largest absolute Gasteiger partial charge is 0.336 e. The number of amides is 1. The summed E-state index contributed by atoms with van der Waals surface area (Å²) in [6, 6.07) is 18.2. The normalized spacial score (nSPS) is 16.9. The van der Waals surface area contributed by atoms with Gasteiger partial charge in [-0.1, -0.05) is 42.5 Å². The fraction of sp³-hybridized carbons (Fsp3) is 0.364. The van der Waals surface area contributed by atoms with Gasteiger partial charge in [0.15, 0.2) is 0 Å². The lowest BCUT2D eigenvalue weighted by Gasteiger charge is -2.25. The Labute approximate surface area is 158 Å². The molecule has 0 spiro atoms. The Bertz CT molecular complexity index is 1000. The summed E-state index contributed by atoms with van der Waals surface area (Å²) in [6.07, 6.45) is 2.38. The third-order valence-corrected chi connectivity index (χ3v) is 5.55. The van der Waals surface area contributed by atoms with E-state index in [0.29, 0.717) is 19.5 Å². The fourth-order valence-electron chi connectivity index (χ4n) is 4.23. The molecule has 0 N–H and O–H groups in total. The van der Waals surface area contributed by atoms with Crippen LogP contribution in [0, 0.1) is 0 Å². The molecule has 0 radical (unpaired) electrons. The van der Waals surface area contributed by atoms with Crippen LogP contribution in [0.25, 0.3) is 11.0 Å². The first-order valence-corrected chi connectivity index (χ1v) is 9.73. The van der Waals surface area contributed by atoms with E-state index in [1.54, 1.807) is 9.13 Å². The predicted molar refractivity (Wildman–Crippen MR) is 107 cm³/mol. The number of likely N-dealkylation sites (tertiary alicyclic amines) is 1. The van der Waals surface area contributed by atoms with E-state index in [0.717, 1.165) is 30.4 Å². The summed E-state index contributed by atoms with van der Waals surface area (Å²) in [7, 11) is 0. The van der Waals surface area contributed by atoms with E-state index in [2.05, 4.69) is 12.1 Å². The van der Waals surface area contributed by atoms with Crippen molar-refractivity contribution in [2.45, 2.75) is 45.3 Å². The Morgan fingerprint density at radius 1 is 1.00 bits per heavy atom. The smallest absolute Gasteiger partial charge is 0.329 e. The lowest BCUT2D eigenvalue weighted by molar-refractivity contribution is -0.132. The minimum absolute atomic E-state index is 0.0347. The number of carbonyl (C=O) groups is 1. The van der Waals surface area contributed by atoms with Crippen molar-refractivity contribution < 1.29 is 4.79 Å². The summed E-state index contributed by atoms with van der Waals surface area (Å²) in [6.45, 7) is 3.81. The number of imidazole rings is 1. The minimum Gasteiger partial charge on any atom is -0.336 e. The van der Waals surface area contributed by atoms with Crippen LogP contribution < -0.4 is 5.69 Å². The highest BCUT2D eigenvalue weighted by molar-refractivity contribution is 5.78. The van der Waals surface area contributed by atoms with Crippen molar-refractivity contribution in [2.24, 2.45) is 0 Å². The quantitative estimate of drug-likeness (QED) is 0.696. The van der Waals surface area contributed by atoms with Crippen molar-refractivity contribution in [1.29, 1.82) is 0 Å². The summed E-state index contributed by atoms with van der Waals surface area (Å²) < 4.78 is 3.51. The molecule has 1 aliphatic rings. The molecule has 1 unspecified atom stereocenters. The average Bonchev–Trinajstić information content (AvgIpc) is 3.29. The second-order valence-electron chi connectivity index (χ2n) is 7.07. The van der Waals surface area contributed by atoms with Crippen LogP contribution in [0.3, 0.4) is 0 Å². The molecule has 27 heavy (non-hydrogen) atoms. The molecule has 1 fully saturated rings. The summed E-state index contributed by atoms with van der Waals surface area (Å²) in [4.78, 5) is 27.7. The zero-order chi connectivity index (χ0) is 18.8. The van der Waals surface area contributed by atoms with Gasteiger partial charge in [0.1, 0.15) is 0 Å². The van der Waals surface area contributed by atoms with Crippen molar-refractivity contribution in [3.8, 4) is 0 Å². The lowest BCUT2D eigenvalue weighted by Crippen LogP contribution is -2.32. The number of rotatable bonds is 5. The van der Waals surface area contributed by atoms with Gasteiger partial charge in [0, 0.05) is 26.1 Å². The van der Waals surface area contributed by atoms with Crippen LogP contribution in [0.1, 0.15) is 37.8 Å². The molecule has 0 aliphatic carbocycles. The molecule has 0 saturated carbocycles. The van der Waals surface area contributed by atoms with Gasteiger partial charge in [0.2, 0.25) is 5.91 Å². The number of aromatic nitrogens is 2. The first-order chi connectivity index (χ1) is 13.2. The van der Waals surface area contributed by atoms with Gasteiger partial charge >= 0.3 is 5.69 Å². The molecule has 2 aromatic carbocycles. The van der Waals surface area contributed by atoms with Gasteiger partial charge < -0.3 is 4.90 Å². The number of carbonyl (C=O) groups excluding carboxylic acids is 1. The summed E-state index contributed by atoms with van der Waals surface area (Å²) in [5.41, 5.74) is 2.99. The number of hydrogen-bond acceptors (Lipinski definition) is 2. The van der Waals surface area contributed by atoms with Crippen LogP contribution >= 0.6 is 0 Å². The van der Waals surface area contributed by atoms with E-state index in [1.165, 1.54) is 5.56 Å². The van der Waals surface area contributed by atoms with Crippen LogP contribution in [-0.2, 0) is 17.9 Å². The Kier molecular flexibility index (Phi) is 4.84. The van der Waals surface area contributed by atoms with E-state index in [4.69, 9.17) is 0 Å². The molecule has 140 valence electrons. The predicted octanol–water partition coefficient (Wildman–Crippen LogP) is 3.58. The molecular formula is C22H25N3O2. The second-order valence-corrected chi connectivity index (χ2v) is 7.07. The summed E-state index contributed by atoms with van der Waals surface area (Å²) in [5.74, 6) is 0.126. The number of fused-ring (bicyclic) bond motifs is 1. The van der Waals surface area contributed by atoms with Crippen molar-refractivity contribution in [1.82, 2.24) is 14.0 Å². The van der Waals surface area contributed by atoms with Crippen LogP contribution in [0.2, 0.25) is 0 Å². The van der Waals surface area contributed by atoms with Gasteiger partial charge in [-0.3, -0.25) is 13.9 Å². The first-order valence-electron chi connectivity index (χ1n) is 9.73. The number of hydrogen-bond donors (Lipinski definition) is 0. The Hall–Kier alpha value is -2.82. The summed E-state index contributed by atoms with van der Waals surface area (Å²) in [5, 5.41) is 0. The van der Waals surface area contributed by atoms with E-state index in [9.17, 15) is 9.59 Å². The van der Waals surface area contributed by atoms with E-state index < -0.39 is 0 Å². The standard InChI is InChI=1S/C22H25N3O2/c1-2-23-19-11-6-7-12-20(19)25(22(23)27)16-14-21(26)24-15-8-13-18(24)17-9-4-3-5-10-17/h3-7,9-12,18H,2,8,13-16H2,1H3. The van der Waals surface area contributed by atoms with Gasteiger partial charge in [-0.2, -0.15) is 0 Å². The summed E-state index contributed by atoms with van der Waals surface area (Å²) >= 11 is 0. The molecule has 3 aromatic rings. The van der Waals surface area contributed by atoms with Gasteiger partial charge in [0.25, 0.3) is 0 Å². The van der Waals surface area contributed by atoms with Gasteiger partial charge in [-0.15, -0.1) is 0 Å². The van der Waals surface area contributed by atoms with Gasteiger partial charge in [-0.05, 0) is 37.5 Å². The number of para-hydroxylation sites is 2. The molecule has 1 aromatic heterocycles. The van der Waals surface area contributed by atoms with Crippen LogP contribution in [0.15, 0.2) is 59.4 Å². The molecular weight excluding hydrogens is 338 g/mol. The molecule has 0 bridgehead atoms. The Balaban J connectivity index is 1.54. The highest BCUT2D eigenvalue weighted by Crippen LogP contribution is 2.32. The van der Waals surface area contributed by atoms with E-state index in [-0.39, 0.29) is 17.6 Å². The average molecular weight is 363 g/mol. The topological polar surface area (TPSA) is 47.2 Å². The number of benzene rings is 2. The van der Waals surface area contributed by atoms with Crippen molar-refractivity contribution in [3.05, 3.63) is 70.6 Å². The lowest BCUT2D eigenvalue weighted by atomic mass is 10.0. The second kappa shape index (κ2) is 7.43. The fourth-order valence-corrected chi connectivity index (χ4v) is 4.23. The maximum Gasteiger partial charge on any atom is 0.329 e. The Morgan fingerprint density at radius 2 is 1.67 bits per heavy atom. The first kappa shape index (κ1) is 17.6. The maximum absolute atomic E-state index is 12.9. The molecule has 1 saturated heterocycles.